The summed E-state index contributed by atoms with van der Waals surface area (Å²) in [6.07, 6.45) is 8.68. The van der Waals surface area contributed by atoms with Crippen molar-refractivity contribution in [2.75, 3.05) is 13.1 Å². The number of nitrogens with two attached hydrogens (primary N) is 1. The highest BCUT2D eigenvalue weighted by Gasteiger charge is 2.42. The van der Waals surface area contributed by atoms with Crippen molar-refractivity contribution < 1.29 is 0 Å². The van der Waals surface area contributed by atoms with E-state index in [1.54, 1.807) is 0 Å². The van der Waals surface area contributed by atoms with E-state index in [1.165, 1.54) is 51.6 Å². The Morgan fingerprint density at radius 1 is 1.00 bits per heavy atom. The summed E-state index contributed by atoms with van der Waals surface area (Å²) in [5, 5.41) is 0. The summed E-state index contributed by atoms with van der Waals surface area (Å²) < 4.78 is 0. The molecule has 3 unspecified atom stereocenters. The largest absolute Gasteiger partial charge is 0.326 e. The SMILES string of the molecule is NC1CCN(C2CCCC2C2CC2)C1. The molecule has 3 aliphatic rings. The molecule has 1 heterocycles. The van der Waals surface area contributed by atoms with Gasteiger partial charge in [0.25, 0.3) is 0 Å². The van der Waals surface area contributed by atoms with E-state index in [2.05, 4.69) is 4.90 Å². The fraction of sp³-hybridized carbons (Fsp3) is 1.00. The molecule has 0 amide bonds. The molecule has 1 saturated heterocycles. The molecule has 14 heavy (non-hydrogen) atoms. The van der Waals surface area contributed by atoms with Crippen molar-refractivity contribution in [2.45, 2.75) is 50.6 Å². The lowest BCUT2D eigenvalue weighted by Gasteiger charge is -2.29. The molecule has 2 N–H and O–H groups in total. The van der Waals surface area contributed by atoms with Gasteiger partial charge in [-0.2, -0.15) is 0 Å². The number of hydrogen-bond donors (Lipinski definition) is 1. The molecule has 80 valence electrons. The van der Waals surface area contributed by atoms with Gasteiger partial charge in [-0.1, -0.05) is 6.42 Å². The first kappa shape index (κ1) is 9.17. The van der Waals surface area contributed by atoms with Crippen LogP contribution in [-0.2, 0) is 0 Å². The van der Waals surface area contributed by atoms with Gasteiger partial charge < -0.3 is 5.73 Å². The molecule has 2 saturated carbocycles. The molecule has 0 radical (unpaired) electrons. The van der Waals surface area contributed by atoms with Gasteiger partial charge in [-0.05, 0) is 43.9 Å². The van der Waals surface area contributed by atoms with Crippen molar-refractivity contribution in [3.8, 4) is 0 Å². The van der Waals surface area contributed by atoms with Crippen LogP contribution in [0, 0.1) is 11.8 Å². The van der Waals surface area contributed by atoms with Gasteiger partial charge in [0.15, 0.2) is 0 Å². The Morgan fingerprint density at radius 2 is 1.86 bits per heavy atom. The average molecular weight is 194 g/mol. The van der Waals surface area contributed by atoms with Crippen molar-refractivity contribution in [3.05, 3.63) is 0 Å². The summed E-state index contributed by atoms with van der Waals surface area (Å²) in [5.74, 6) is 2.14. The van der Waals surface area contributed by atoms with E-state index in [9.17, 15) is 0 Å². The van der Waals surface area contributed by atoms with E-state index >= 15 is 0 Å². The highest BCUT2D eigenvalue weighted by atomic mass is 15.2. The Kier molecular flexibility index (Phi) is 2.29. The Hall–Kier alpha value is -0.0800. The third-order valence-corrected chi connectivity index (χ3v) is 4.48. The molecule has 3 fully saturated rings. The van der Waals surface area contributed by atoms with E-state index in [0.29, 0.717) is 6.04 Å². The molecular weight excluding hydrogens is 172 g/mol. The third kappa shape index (κ3) is 1.59. The van der Waals surface area contributed by atoms with E-state index < -0.39 is 0 Å². The lowest BCUT2D eigenvalue weighted by Crippen LogP contribution is -2.38. The minimum absolute atomic E-state index is 0.468. The van der Waals surface area contributed by atoms with Gasteiger partial charge in [0, 0.05) is 25.2 Å². The van der Waals surface area contributed by atoms with Crippen LogP contribution >= 0.6 is 0 Å². The van der Waals surface area contributed by atoms with Crippen molar-refractivity contribution in [1.29, 1.82) is 0 Å². The second kappa shape index (κ2) is 3.49. The summed E-state index contributed by atoms with van der Waals surface area (Å²) >= 11 is 0. The Bertz CT molecular complexity index is 212. The first-order valence-corrected chi connectivity index (χ1v) is 6.34. The maximum Gasteiger partial charge on any atom is 0.0180 e. The molecule has 0 aromatic rings. The lowest BCUT2D eigenvalue weighted by atomic mass is 9.97. The van der Waals surface area contributed by atoms with Crippen LogP contribution in [0.5, 0.6) is 0 Å². The first-order chi connectivity index (χ1) is 6.84. The van der Waals surface area contributed by atoms with Crippen LogP contribution in [0.3, 0.4) is 0 Å². The van der Waals surface area contributed by atoms with Crippen molar-refractivity contribution in [3.63, 3.8) is 0 Å². The molecule has 2 nitrogen and oxygen atoms in total. The minimum Gasteiger partial charge on any atom is -0.326 e. The van der Waals surface area contributed by atoms with Crippen molar-refractivity contribution in [2.24, 2.45) is 17.6 Å². The number of nitrogens with zero attached hydrogens (tertiary/aromatic N) is 1. The van der Waals surface area contributed by atoms with Gasteiger partial charge in [0.05, 0.1) is 0 Å². The second-order valence-corrected chi connectivity index (χ2v) is 5.54. The van der Waals surface area contributed by atoms with Gasteiger partial charge >= 0.3 is 0 Å². The summed E-state index contributed by atoms with van der Waals surface area (Å²) in [4.78, 5) is 2.70. The average Bonchev–Trinajstić information content (AvgIpc) is 2.75. The Balaban J connectivity index is 1.64. The van der Waals surface area contributed by atoms with E-state index in [1.807, 2.05) is 0 Å². The van der Waals surface area contributed by atoms with Gasteiger partial charge in [-0.3, -0.25) is 4.90 Å². The minimum atomic E-state index is 0.468. The van der Waals surface area contributed by atoms with E-state index in [4.69, 9.17) is 5.73 Å². The zero-order valence-corrected chi connectivity index (χ0v) is 8.99. The predicted octanol–water partition coefficient (Wildman–Crippen LogP) is 1.60. The van der Waals surface area contributed by atoms with Gasteiger partial charge in [-0.25, -0.2) is 0 Å². The molecule has 0 aromatic heterocycles. The van der Waals surface area contributed by atoms with E-state index in [-0.39, 0.29) is 0 Å². The third-order valence-electron chi connectivity index (χ3n) is 4.48. The highest BCUT2D eigenvalue weighted by molar-refractivity contribution is 4.96. The van der Waals surface area contributed by atoms with Crippen LogP contribution in [0.25, 0.3) is 0 Å². The number of hydrogen-bond acceptors (Lipinski definition) is 2. The lowest BCUT2D eigenvalue weighted by molar-refractivity contribution is 0.181. The van der Waals surface area contributed by atoms with Crippen molar-refractivity contribution >= 4 is 0 Å². The molecule has 0 aromatic carbocycles. The van der Waals surface area contributed by atoms with Crippen LogP contribution < -0.4 is 5.73 Å². The van der Waals surface area contributed by atoms with Gasteiger partial charge in [0.1, 0.15) is 0 Å². The van der Waals surface area contributed by atoms with Crippen molar-refractivity contribution in [1.82, 2.24) is 4.90 Å². The fourth-order valence-electron chi connectivity index (χ4n) is 3.61. The Labute approximate surface area is 86.8 Å². The van der Waals surface area contributed by atoms with Crippen LogP contribution in [0.1, 0.15) is 38.5 Å². The number of rotatable bonds is 2. The summed E-state index contributed by atoms with van der Waals surface area (Å²) in [7, 11) is 0. The summed E-state index contributed by atoms with van der Waals surface area (Å²) in [6, 6.07) is 1.38. The van der Waals surface area contributed by atoms with Crippen LogP contribution in [-0.4, -0.2) is 30.1 Å². The second-order valence-electron chi connectivity index (χ2n) is 5.54. The topological polar surface area (TPSA) is 29.3 Å². The fourth-order valence-corrected chi connectivity index (χ4v) is 3.61. The van der Waals surface area contributed by atoms with E-state index in [0.717, 1.165) is 17.9 Å². The van der Waals surface area contributed by atoms with Crippen LogP contribution in [0.4, 0.5) is 0 Å². The highest BCUT2D eigenvalue weighted by Crippen LogP contribution is 2.47. The predicted molar refractivity (Wildman–Crippen MR) is 58.0 cm³/mol. The number of likely N-dealkylation sites (tertiary alicyclic amines) is 1. The molecule has 0 spiro atoms. The van der Waals surface area contributed by atoms with Gasteiger partial charge in [0.2, 0.25) is 0 Å². The van der Waals surface area contributed by atoms with Crippen LogP contribution in [0.15, 0.2) is 0 Å². The standard InChI is InChI=1S/C12H22N2/c13-10-6-7-14(8-10)12-3-1-2-11(12)9-4-5-9/h9-12H,1-8,13H2. The Morgan fingerprint density at radius 3 is 2.50 bits per heavy atom. The summed E-state index contributed by atoms with van der Waals surface area (Å²) in [5.41, 5.74) is 5.99. The molecule has 0 bridgehead atoms. The summed E-state index contributed by atoms with van der Waals surface area (Å²) in [6.45, 7) is 2.45. The van der Waals surface area contributed by atoms with Crippen LogP contribution in [0.2, 0.25) is 0 Å². The molecule has 2 heteroatoms. The zero-order valence-electron chi connectivity index (χ0n) is 8.99. The molecule has 2 aliphatic carbocycles. The molecular formula is C12H22N2. The van der Waals surface area contributed by atoms with Gasteiger partial charge in [-0.15, -0.1) is 0 Å². The molecule has 3 atom stereocenters. The quantitative estimate of drug-likeness (QED) is 0.723. The normalized spacial score (nSPS) is 44.8. The first-order valence-electron chi connectivity index (χ1n) is 6.34. The zero-order chi connectivity index (χ0) is 9.54. The smallest absolute Gasteiger partial charge is 0.0180 e. The maximum atomic E-state index is 5.99. The maximum absolute atomic E-state index is 5.99. The molecule has 1 aliphatic heterocycles. The molecule has 3 rings (SSSR count). The monoisotopic (exact) mass is 194 g/mol.